The van der Waals surface area contributed by atoms with E-state index in [1.807, 2.05) is 0 Å². The molecular weight excluding hydrogens is 366 g/mol. The van der Waals surface area contributed by atoms with E-state index in [0.29, 0.717) is 27.6 Å². The van der Waals surface area contributed by atoms with Gasteiger partial charge in [-0.05, 0) is 19.1 Å². The van der Waals surface area contributed by atoms with Crippen LogP contribution in [-0.2, 0) is 0 Å². The Balaban J connectivity index is 1.85. The number of anilines is 1. The molecule has 0 fully saturated rings. The molecule has 8 heteroatoms. The molecule has 0 aliphatic carbocycles. The lowest BCUT2D eigenvalue weighted by Crippen LogP contribution is -2.23. The summed E-state index contributed by atoms with van der Waals surface area (Å²) in [6.45, 7) is 15.6. The van der Waals surface area contributed by atoms with Crippen molar-refractivity contribution in [3.8, 4) is 11.5 Å². The summed E-state index contributed by atoms with van der Waals surface area (Å²) in [5.74, 6) is 0.495. The van der Waals surface area contributed by atoms with Gasteiger partial charge in [-0.25, -0.2) is 9.69 Å². The molecule has 0 unspecified atom stereocenters. The molecule has 2 atom stereocenters. The summed E-state index contributed by atoms with van der Waals surface area (Å²) in [5.41, 5.74) is 2.15. The van der Waals surface area contributed by atoms with E-state index in [1.165, 1.54) is 0 Å². The van der Waals surface area contributed by atoms with Crippen LogP contribution in [0.3, 0.4) is 0 Å². The van der Waals surface area contributed by atoms with Gasteiger partial charge < -0.3 is 14.8 Å². The normalized spacial score (nSPS) is 12.6. The SMILES string of the molecule is [C-]#[N+]c1ccc(-c2nnc([C@H](Nc3ccc([N+]#[C-])c(Cl)c3)[C@H](C)O)o2)cc1. The van der Waals surface area contributed by atoms with Crippen molar-refractivity contribution in [2.45, 2.75) is 19.1 Å². The molecule has 134 valence electrons. The van der Waals surface area contributed by atoms with E-state index in [2.05, 4.69) is 25.2 Å². The van der Waals surface area contributed by atoms with Crippen LogP contribution in [0.5, 0.6) is 0 Å². The lowest BCUT2D eigenvalue weighted by atomic mass is 10.1. The fraction of sp³-hybridized carbons (Fsp3) is 0.158. The largest absolute Gasteiger partial charge is 0.418 e. The Morgan fingerprint density at radius 1 is 1.11 bits per heavy atom. The average molecular weight is 380 g/mol. The first-order valence-electron chi connectivity index (χ1n) is 7.94. The smallest absolute Gasteiger partial charge is 0.247 e. The van der Waals surface area contributed by atoms with Gasteiger partial charge in [0.05, 0.1) is 19.2 Å². The van der Waals surface area contributed by atoms with Gasteiger partial charge >= 0.3 is 0 Å². The number of halogens is 1. The molecule has 0 radical (unpaired) electrons. The summed E-state index contributed by atoms with van der Waals surface area (Å²) < 4.78 is 5.71. The highest BCUT2D eigenvalue weighted by Crippen LogP contribution is 2.31. The lowest BCUT2D eigenvalue weighted by molar-refractivity contribution is 0.160. The summed E-state index contributed by atoms with van der Waals surface area (Å²) >= 11 is 6.06. The Hall–Kier alpha value is -3.39. The van der Waals surface area contributed by atoms with Crippen LogP contribution < -0.4 is 5.32 Å². The minimum absolute atomic E-state index is 0.208. The Morgan fingerprint density at radius 2 is 1.85 bits per heavy atom. The number of hydrogen-bond donors (Lipinski definition) is 2. The fourth-order valence-electron chi connectivity index (χ4n) is 2.41. The van der Waals surface area contributed by atoms with Crippen molar-refractivity contribution >= 4 is 28.7 Å². The van der Waals surface area contributed by atoms with E-state index < -0.39 is 12.1 Å². The van der Waals surface area contributed by atoms with E-state index in [4.69, 9.17) is 29.2 Å². The van der Waals surface area contributed by atoms with Crippen molar-refractivity contribution in [1.82, 2.24) is 10.2 Å². The maximum atomic E-state index is 10.1. The molecule has 27 heavy (non-hydrogen) atoms. The second-order valence-electron chi connectivity index (χ2n) is 5.74. The van der Waals surface area contributed by atoms with Gasteiger partial charge in [0, 0.05) is 16.3 Å². The molecule has 2 N–H and O–H groups in total. The van der Waals surface area contributed by atoms with Gasteiger partial charge in [-0.1, -0.05) is 41.9 Å². The van der Waals surface area contributed by atoms with Gasteiger partial charge in [0.2, 0.25) is 17.5 Å². The van der Waals surface area contributed by atoms with Gasteiger partial charge in [0.15, 0.2) is 5.69 Å². The zero-order chi connectivity index (χ0) is 19.4. The molecule has 0 saturated heterocycles. The molecule has 7 nitrogen and oxygen atoms in total. The number of nitrogens with zero attached hydrogens (tertiary/aromatic N) is 4. The Morgan fingerprint density at radius 3 is 2.44 bits per heavy atom. The number of aliphatic hydroxyl groups is 1. The topological polar surface area (TPSA) is 79.9 Å². The number of rotatable bonds is 5. The van der Waals surface area contributed by atoms with Crippen molar-refractivity contribution in [3.05, 3.63) is 76.2 Å². The molecule has 3 rings (SSSR count). The average Bonchev–Trinajstić information content (AvgIpc) is 3.16. The first kappa shape index (κ1) is 18.4. The van der Waals surface area contributed by atoms with E-state index in [-0.39, 0.29) is 11.8 Å². The minimum atomic E-state index is -0.831. The summed E-state index contributed by atoms with van der Waals surface area (Å²) in [6.07, 6.45) is -0.831. The van der Waals surface area contributed by atoms with E-state index in [0.717, 1.165) is 0 Å². The number of nitrogens with one attached hydrogen (secondary N) is 1. The van der Waals surface area contributed by atoms with Crippen LogP contribution in [0.2, 0.25) is 5.02 Å². The zero-order valence-corrected chi connectivity index (χ0v) is 15.0. The maximum Gasteiger partial charge on any atom is 0.247 e. The maximum absolute atomic E-state index is 10.1. The molecule has 1 aromatic heterocycles. The van der Waals surface area contributed by atoms with E-state index >= 15 is 0 Å². The number of benzene rings is 2. The molecule has 0 amide bonds. The van der Waals surface area contributed by atoms with Crippen molar-refractivity contribution in [2.75, 3.05) is 5.32 Å². The van der Waals surface area contributed by atoms with Gasteiger partial charge in [0.1, 0.15) is 6.04 Å². The molecule has 2 aromatic carbocycles. The summed E-state index contributed by atoms with van der Waals surface area (Å²) in [6, 6.07) is 11.0. The molecule has 0 aliphatic rings. The van der Waals surface area contributed by atoms with Gasteiger partial charge in [0.25, 0.3) is 0 Å². The quantitative estimate of drug-likeness (QED) is 0.608. The van der Waals surface area contributed by atoms with Gasteiger partial charge in [-0.3, -0.25) is 0 Å². The van der Waals surface area contributed by atoms with Crippen molar-refractivity contribution < 1.29 is 9.52 Å². The van der Waals surface area contributed by atoms with Gasteiger partial charge in [-0.2, -0.15) is 0 Å². The third kappa shape index (κ3) is 4.06. The number of hydrogen-bond acceptors (Lipinski definition) is 5. The number of aliphatic hydroxyl groups excluding tert-OH is 1. The summed E-state index contributed by atoms with van der Waals surface area (Å²) in [4.78, 5) is 6.65. The van der Waals surface area contributed by atoms with Crippen molar-refractivity contribution in [3.63, 3.8) is 0 Å². The van der Waals surface area contributed by atoms with Crippen LogP contribution in [0.25, 0.3) is 21.1 Å². The van der Waals surface area contributed by atoms with E-state index in [9.17, 15) is 5.11 Å². The predicted octanol–water partition coefficient (Wildman–Crippen LogP) is 5.03. The molecule has 3 aromatic rings. The van der Waals surface area contributed by atoms with Crippen molar-refractivity contribution in [1.29, 1.82) is 0 Å². The highest BCUT2D eigenvalue weighted by Gasteiger charge is 2.24. The first-order chi connectivity index (χ1) is 13.0. The molecule has 0 bridgehead atoms. The Bertz CT molecular complexity index is 1030. The molecule has 0 aliphatic heterocycles. The molecule has 0 spiro atoms. The zero-order valence-electron chi connectivity index (χ0n) is 14.2. The Kier molecular flexibility index (Phi) is 5.37. The Labute approximate surface area is 160 Å². The van der Waals surface area contributed by atoms with Crippen LogP contribution in [0.15, 0.2) is 46.9 Å². The van der Waals surface area contributed by atoms with Crippen LogP contribution in [0.4, 0.5) is 17.1 Å². The standard InChI is InChI=1S/C19H14ClN5O2/c1-11(26)17(23-14-8-9-16(22-3)15(20)10-14)19-25-24-18(27-19)12-4-6-13(21-2)7-5-12/h4-11,17,23,26H,1H3/t11-,17+/m0/s1. The summed E-state index contributed by atoms with van der Waals surface area (Å²) in [5, 5.41) is 21.6. The first-order valence-corrected chi connectivity index (χ1v) is 8.32. The third-order valence-electron chi connectivity index (χ3n) is 3.82. The van der Waals surface area contributed by atoms with E-state index in [1.54, 1.807) is 49.4 Å². The second-order valence-corrected chi connectivity index (χ2v) is 6.15. The third-order valence-corrected chi connectivity index (χ3v) is 4.13. The van der Waals surface area contributed by atoms with Crippen LogP contribution in [-0.4, -0.2) is 21.4 Å². The molecule has 1 heterocycles. The predicted molar refractivity (Wildman–Crippen MR) is 102 cm³/mol. The van der Waals surface area contributed by atoms with Crippen molar-refractivity contribution in [2.24, 2.45) is 0 Å². The molecular formula is C19H14ClN5O2. The minimum Gasteiger partial charge on any atom is -0.418 e. The van der Waals surface area contributed by atoms with Crippen LogP contribution in [0, 0.1) is 13.1 Å². The second kappa shape index (κ2) is 7.88. The highest BCUT2D eigenvalue weighted by molar-refractivity contribution is 6.33. The van der Waals surface area contributed by atoms with Crippen LogP contribution >= 0.6 is 11.6 Å². The fourth-order valence-corrected chi connectivity index (χ4v) is 2.63. The van der Waals surface area contributed by atoms with Gasteiger partial charge in [-0.15, -0.1) is 10.2 Å². The lowest BCUT2D eigenvalue weighted by Gasteiger charge is -2.19. The monoisotopic (exact) mass is 379 g/mol. The highest BCUT2D eigenvalue weighted by atomic mass is 35.5. The molecule has 0 saturated carbocycles. The van der Waals surface area contributed by atoms with Crippen LogP contribution in [0.1, 0.15) is 18.9 Å². The number of aromatic nitrogens is 2. The summed E-state index contributed by atoms with van der Waals surface area (Å²) in [7, 11) is 0.